The molecule has 0 aromatic heterocycles. The summed E-state index contributed by atoms with van der Waals surface area (Å²) in [5.74, 6) is 1.45. The van der Waals surface area contributed by atoms with Crippen LogP contribution < -0.4 is 10.6 Å². The maximum atomic E-state index is 12.6. The van der Waals surface area contributed by atoms with E-state index in [-0.39, 0.29) is 18.2 Å². The Kier molecular flexibility index (Phi) is 5.45. The van der Waals surface area contributed by atoms with Crippen LogP contribution in [0.1, 0.15) is 64.4 Å². The van der Waals surface area contributed by atoms with Crippen molar-refractivity contribution in [2.75, 3.05) is 7.05 Å². The predicted octanol–water partition coefficient (Wildman–Crippen LogP) is 3.64. The fraction of sp³-hybridized carbons (Fsp3) is 0.652. The van der Waals surface area contributed by atoms with Gasteiger partial charge in [0, 0.05) is 37.1 Å². The number of nitrogens with one attached hydrogen (secondary N) is 2. The van der Waals surface area contributed by atoms with Gasteiger partial charge >= 0.3 is 6.09 Å². The molecule has 3 aliphatic rings. The number of benzene rings is 1. The Morgan fingerprint density at radius 2 is 1.72 bits per heavy atom. The number of carbonyl (C=O) groups excluding carboxylic acids is 1. The minimum Gasteiger partial charge on any atom is -0.444 e. The second kappa shape index (κ2) is 7.88. The summed E-state index contributed by atoms with van der Waals surface area (Å²) in [6.45, 7) is 5.78. The summed E-state index contributed by atoms with van der Waals surface area (Å²) in [5.41, 5.74) is 0.945. The van der Waals surface area contributed by atoms with Crippen molar-refractivity contribution in [1.82, 2.24) is 15.5 Å². The number of guanidine groups is 1. The van der Waals surface area contributed by atoms with Gasteiger partial charge in [-0.15, -0.1) is 0 Å². The number of hydrogen-bond acceptors (Lipinski definition) is 3. The topological polar surface area (TPSA) is 66.0 Å². The zero-order chi connectivity index (χ0) is 20.6. The summed E-state index contributed by atoms with van der Waals surface area (Å²) in [4.78, 5) is 19.1. The van der Waals surface area contributed by atoms with Gasteiger partial charge in [0.05, 0.1) is 0 Å². The quantitative estimate of drug-likeness (QED) is 0.603. The monoisotopic (exact) mass is 398 g/mol. The van der Waals surface area contributed by atoms with Gasteiger partial charge in [-0.05, 0) is 58.4 Å². The van der Waals surface area contributed by atoms with E-state index in [1.54, 1.807) is 0 Å². The van der Waals surface area contributed by atoms with Crippen molar-refractivity contribution in [2.24, 2.45) is 4.99 Å². The molecule has 1 aromatic carbocycles. The van der Waals surface area contributed by atoms with E-state index in [0.717, 1.165) is 38.1 Å². The molecular weight excluding hydrogens is 364 g/mol. The van der Waals surface area contributed by atoms with Gasteiger partial charge in [0.1, 0.15) is 5.60 Å². The Labute approximate surface area is 174 Å². The number of ether oxygens (including phenoxy) is 1. The van der Waals surface area contributed by atoms with Gasteiger partial charge in [0.15, 0.2) is 5.96 Å². The molecule has 29 heavy (non-hydrogen) atoms. The number of aliphatic imine (C=N–C) groups is 1. The highest BCUT2D eigenvalue weighted by Gasteiger charge is 2.45. The summed E-state index contributed by atoms with van der Waals surface area (Å²) in [6, 6.07) is 12.0. The molecule has 1 amide bonds. The molecule has 2 saturated heterocycles. The molecule has 2 N–H and O–H groups in total. The molecule has 1 saturated carbocycles. The molecule has 3 fully saturated rings. The standard InChI is InChI=1S/C23H34N4O2/c1-23(2,3)29-22(28)27-17-10-11-18(27)13-16(12-17)25-21(24-4)26-20-14-19(20)15-8-6-5-7-9-15/h5-9,16-20H,10-14H2,1-4H3,(H2,24,25,26). The lowest BCUT2D eigenvalue weighted by Gasteiger charge is -2.40. The van der Waals surface area contributed by atoms with Crippen LogP contribution in [0.5, 0.6) is 0 Å². The third-order valence-corrected chi connectivity index (χ3v) is 6.24. The van der Waals surface area contributed by atoms with Gasteiger partial charge in [-0.2, -0.15) is 0 Å². The molecule has 2 bridgehead atoms. The second-order valence-electron chi connectivity index (χ2n) is 9.66. The fourth-order valence-corrected chi connectivity index (χ4v) is 4.87. The van der Waals surface area contributed by atoms with E-state index in [2.05, 4.69) is 46.0 Å². The Hall–Kier alpha value is -2.24. The lowest BCUT2D eigenvalue weighted by Crippen LogP contribution is -2.55. The molecule has 0 spiro atoms. The molecule has 2 heterocycles. The highest BCUT2D eigenvalue weighted by Crippen LogP contribution is 2.41. The normalized spacial score (nSPS) is 31.4. The van der Waals surface area contributed by atoms with Gasteiger partial charge in [0.25, 0.3) is 0 Å². The van der Waals surface area contributed by atoms with Crippen LogP contribution in [0.3, 0.4) is 0 Å². The van der Waals surface area contributed by atoms with Crippen molar-refractivity contribution in [3.8, 4) is 0 Å². The summed E-state index contributed by atoms with van der Waals surface area (Å²) >= 11 is 0. The zero-order valence-electron chi connectivity index (χ0n) is 18.0. The summed E-state index contributed by atoms with van der Waals surface area (Å²) < 4.78 is 5.64. The van der Waals surface area contributed by atoms with Crippen LogP contribution in [-0.4, -0.2) is 53.8 Å². The average molecular weight is 399 g/mol. The molecule has 6 nitrogen and oxygen atoms in total. The third kappa shape index (κ3) is 4.68. The van der Waals surface area contributed by atoms with Crippen molar-refractivity contribution >= 4 is 12.1 Å². The number of nitrogens with zero attached hydrogens (tertiary/aromatic N) is 2. The first-order valence-electron chi connectivity index (χ1n) is 10.9. The molecule has 2 aliphatic heterocycles. The highest BCUT2D eigenvalue weighted by molar-refractivity contribution is 5.81. The third-order valence-electron chi connectivity index (χ3n) is 6.24. The SMILES string of the molecule is CN=C(NC1CC2CCC(C1)N2C(=O)OC(C)(C)C)NC1CC1c1ccccc1. The van der Waals surface area contributed by atoms with Crippen LogP contribution in [0.4, 0.5) is 4.79 Å². The van der Waals surface area contributed by atoms with Crippen LogP contribution in [0.2, 0.25) is 0 Å². The average Bonchev–Trinajstić information content (AvgIpc) is 3.38. The zero-order valence-corrected chi connectivity index (χ0v) is 18.0. The number of hydrogen-bond donors (Lipinski definition) is 2. The van der Waals surface area contributed by atoms with E-state index < -0.39 is 5.60 Å². The van der Waals surface area contributed by atoms with Gasteiger partial charge < -0.3 is 20.3 Å². The second-order valence-corrected chi connectivity index (χ2v) is 9.66. The van der Waals surface area contributed by atoms with Gasteiger partial charge in [0.2, 0.25) is 0 Å². The Balaban J connectivity index is 1.30. The van der Waals surface area contributed by atoms with Crippen molar-refractivity contribution in [3.05, 3.63) is 35.9 Å². The first kappa shape index (κ1) is 20.0. The fourth-order valence-electron chi connectivity index (χ4n) is 4.87. The summed E-state index contributed by atoms with van der Waals surface area (Å²) in [7, 11) is 1.83. The van der Waals surface area contributed by atoms with Crippen molar-refractivity contribution in [1.29, 1.82) is 0 Å². The van der Waals surface area contributed by atoms with E-state index in [1.165, 1.54) is 5.56 Å². The molecule has 158 valence electrons. The number of rotatable bonds is 3. The first-order valence-corrected chi connectivity index (χ1v) is 10.9. The number of amides is 1. The lowest BCUT2D eigenvalue weighted by atomic mass is 9.98. The largest absolute Gasteiger partial charge is 0.444 e. The smallest absolute Gasteiger partial charge is 0.410 e. The molecule has 4 atom stereocenters. The molecule has 0 radical (unpaired) electrons. The van der Waals surface area contributed by atoms with Crippen LogP contribution >= 0.6 is 0 Å². The Morgan fingerprint density at radius 1 is 1.07 bits per heavy atom. The van der Waals surface area contributed by atoms with E-state index in [9.17, 15) is 4.79 Å². The minimum atomic E-state index is -0.447. The summed E-state index contributed by atoms with van der Waals surface area (Å²) in [5, 5.41) is 7.20. The van der Waals surface area contributed by atoms with Crippen molar-refractivity contribution < 1.29 is 9.53 Å². The minimum absolute atomic E-state index is 0.158. The predicted molar refractivity (Wildman–Crippen MR) is 115 cm³/mol. The molecular formula is C23H34N4O2. The molecule has 6 heteroatoms. The van der Waals surface area contributed by atoms with Crippen molar-refractivity contribution in [2.45, 2.75) is 88.6 Å². The molecule has 1 aromatic rings. The molecule has 1 aliphatic carbocycles. The van der Waals surface area contributed by atoms with Crippen molar-refractivity contribution in [3.63, 3.8) is 0 Å². The maximum Gasteiger partial charge on any atom is 0.410 e. The highest BCUT2D eigenvalue weighted by atomic mass is 16.6. The van der Waals surface area contributed by atoms with Crippen LogP contribution in [-0.2, 0) is 4.74 Å². The van der Waals surface area contributed by atoms with Gasteiger partial charge in [-0.1, -0.05) is 30.3 Å². The number of fused-ring (bicyclic) bond motifs is 2. The van der Waals surface area contributed by atoms with Gasteiger partial charge in [-0.3, -0.25) is 4.99 Å². The first-order chi connectivity index (χ1) is 13.8. The molecule has 4 rings (SSSR count). The van der Waals surface area contributed by atoms with E-state index in [4.69, 9.17) is 4.74 Å². The Bertz CT molecular complexity index is 744. The van der Waals surface area contributed by atoms with Crippen LogP contribution in [0, 0.1) is 0 Å². The van der Waals surface area contributed by atoms with E-state index >= 15 is 0 Å². The summed E-state index contributed by atoms with van der Waals surface area (Å²) in [6.07, 6.45) is 5.01. The lowest BCUT2D eigenvalue weighted by molar-refractivity contribution is 0.00545. The van der Waals surface area contributed by atoms with Gasteiger partial charge in [-0.25, -0.2) is 4.79 Å². The van der Waals surface area contributed by atoms with Crippen LogP contribution in [0.15, 0.2) is 35.3 Å². The molecule has 4 unspecified atom stereocenters. The van der Waals surface area contributed by atoms with E-state index in [1.807, 2.05) is 32.7 Å². The maximum absolute atomic E-state index is 12.6. The van der Waals surface area contributed by atoms with Crippen LogP contribution in [0.25, 0.3) is 0 Å². The van der Waals surface area contributed by atoms with E-state index in [0.29, 0.717) is 18.0 Å². The number of piperidine rings is 1. The Morgan fingerprint density at radius 3 is 2.31 bits per heavy atom. The number of carbonyl (C=O) groups is 1.